The Morgan fingerprint density at radius 2 is 1.79 bits per heavy atom. The number of nitrogens with zero attached hydrogens (tertiary/aromatic N) is 6. The molecular formula is C30H39N7O2. The smallest absolute Gasteiger partial charge is 0.245 e. The molecule has 0 bridgehead atoms. The van der Waals surface area contributed by atoms with Gasteiger partial charge in [0.2, 0.25) is 11.8 Å². The summed E-state index contributed by atoms with van der Waals surface area (Å²) in [4.78, 5) is 30.5. The molecule has 1 aromatic carbocycles. The maximum atomic E-state index is 12.2. The number of hydrogen-bond donors (Lipinski definition) is 1. The molecule has 0 radical (unpaired) electrons. The molecule has 206 valence electrons. The lowest BCUT2D eigenvalue weighted by atomic mass is 9.60. The number of anilines is 1. The van der Waals surface area contributed by atoms with Crippen molar-refractivity contribution in [1.82, 2.24) is 29.8 Å². The summed E-state index contributed by atoms with van der Waals surface area (Å²) in [6.07, 6.45) is 5.37. The molecule has 1 spiro atoms. The SMILES string of the molecule is C=CC(=O)N1CC2(CC(n3nc(N4CCN(C(C)=O)CC4(C)C)c(-c4c(C)c(C)cc5[nH]ncc45)c3C)C2)C1. The van der Waals surface area contributed by atoms with Crippen LogP contribution in [0.1, 0.15) is 56.5 Å². The van der Waals surface area contributed by atoms with Gasteiger partial charge in [-0.1, -0.05) is 6.58 Å². The van der Waals surface area contributed by atoms with Crippen LogP contribution in [0, 0.1) is 26.2 Å². The minimum atomic E-state index is -0.280. The molecule has 39 heavy (non-hydrogen) atoms. The summed E-state index contributed by atoms with van der Waals surface area (Å²) in [5, 5.41) is 14.0. The molecule has 1 saturated carbocycles. The monoisotopic (exact) mass is 529 g/mol. The largest absolute Gasteiger partial charge is 0.346 e. The Balaban J connectivity index is 1.43. The molecule has 2 aliphatic heterocycles. The van der Waals surface area contributed by atoms with E-state index in [1.807, 2.05) is 16.0 Å². The third-order valence-corrected chi connectivity index (χ3v) is 9.47. The van der Waals surface area contributed by atoms with E-state index in [-0.39, 0.29) is 22.8 Å². The number of piperazine rings is 1. The Labute approximate surface area is 229 Å². The third kappa shape index (κ3) is 3.88. The quantitative estimate of drug-likeness (QED) is 0.513. The van der Waals surface area contributed by atoms with Gasteiger partial charge in [-0.15, -0.1) is 0 Å². The van der Waals surface area contributed by atoms with Crippen molar-refractivity contribution in [3.05, 3.63) is 41.7 Å². The van der Waals surface area contributed by atoms with Gasteiger partial charge in [0.05, 0.1) is 23.3 Å². The lowest BCUT2D eigenvalue weighted by Gasteiger charge is -2.58. The lowest BCUT2D eigenvalue weighted by molar-refractivity contribution is -0.149. The van der Waals surface area contributed by atoms with Gasteiger partial charge in [-0.2, -0.15) is 10.2 Å². The summed E-state index contributed by atoms with van der Waals surface area (Å²) in [5.74, 6) is 1.12. The number of benzene rings is 1. The first-order chi connectivity index (χ1) is 18.4. The summed E-state index contributed by atoms with van der Waals surface area (Å²) < 4.78 is 2.25. The number of rotatable bonds is 4. The summed E-state index contributed by atoms with van der Waals surface area (Å²) in [5.41, 5.74) is 6.89. The van der Waals surface area contributed by atoms with Crippen LogP contribution in [0.15, 0.2) is 24.9 Å². The average molecular weight is 530 g/mol. The van der Waals surface area contributed by atoms with Crippen LogP contribution >= 0.6 is 0 Å². The number of amides is 2. The molecule has 2 saturated heterocycles. The first-order valence-electron chi connectivity index (χ1n) is 13.9. The van der Waals surface area contributed by atoms with E-state index < -0.39 is 0 Å². The van der Waals surface area contributed by atoms with E-state index in [9.17, 15) is 9.59 Å². The minimum absolute atomic E-state index is 0.0231. The number of hydrogen-bond acceptors (Lipinski definition) is 5. The zero-order valence-electron chi connectivity index (χ0n) is 24.0. The van der Waals surface area contributed by atoms with Crippen LogP contribution in [0.5, 0.6) is 0 Å². The Bertz CT molecular complexity index is 1500. The number of aromatic nitrogens is 4. The maximum Gasteiger partial charge on any atom is 0.245 e. The Kier molecular flexibility index (Phi) is 5.72. The first-order valence-corrected chi connectivity index (χ1v) is 13.9. The first kappa shape index (κ1) is 25.6. The fourth-order valence-electron chi connectivity index (χ4n) is 7.23. The lowest BCUT2D eigenvalue weighted by Crippen LogP contribution is -2.63. The number of aryl methyl sites for hydroxylation is 1. The molecule has 4 heterocycles. The standard InChI is InChI=1S/C30H39N7O2/c1-8-25(39)35-16-30(17-35)12-22(13-30)37-20(4)27(26-19(3)18(2)11-24-23(26)14-31-32-24)28(33-37)36-10-9-34(21(5)38)15-29(36,6)7/h8,11,14,22H,1,9-10,12-13,15-17H2,2-7H3,(H,31,32). The molecule has 3 aliphatic rings. The second-order valence-corrected chi connectivity index (χ2v) is 12.6. The summed E-state index contributed by atoms with van der Waals surface area (Å²) in [6.45, 7) is 19.9. The fraction of sp³-hybridized carbons (Fsp3) is 0.533. The normalized spacial score (nSPS) is 20.3. The predicted molar refractivity (Wildman–Crippen MR) is 153 cm³/mol. The van der Waals surface area contributed by atoms with Crippen molar-refractivity contribution >= 4 is 28.5 Å². The molecule has 2 amide bonds. The number of H-pyrrole nitrogens is 1. The van der Waals surface area contributed by atoms with Crippen LogP contribution in [0.3, 0.4) is 0 Å². The number of likely N-dealkylation sites (tertiary alicyclic amines) is 1. The number of carbonyl (C=O) groups excluding carboxylic acids is 2. The van der Waals surface area contributed by atoms with Crippen LogP contribution in [0.2, 0.25) is 0 Å². The average Bonchev–Trinajstić information content (AvgIpc) is 3.42. The zero-order valence-corrected chi connectivity index (χ0v) is 24.0. The van der Waals surface area contributed by atoms with Crippen LogP contribution < -0.4 is 4.90 Å². The van der Waals surface area contributed by atoms with E-state index in [0.717, 1.165) is 60.5 Å². The van der Waals surface area contributed by atoms with E-state index >= 15 is 0 Å². The van der Waals surface area contributed by atoms with Crippen molar-refractivity contribution in [2.75, 3.05) is 37.6 Å². The van der Waals surface area contributed by atoms with E-state index in [4.69, 9.17) is 5.10 Å². The van der Waals surface area contributed by atoms with Crippen molar-refractivity contribution in [2.24, 2.45) is 5.41 Å². The second-order valence-electron chi connectivity index (χ2n) is 12.6. The third-order valence-electron chi connectivity index (χ3n) is 9.47. The van der Waals surface area contributed by atoms with Crippen molar-refractivity contribution in [1.29, 1.82) is 0 Å². The Hall–Kier alpha value is -3.62. The molecule has 9 nitrogen and oxygen atoms in total. The highest BCUT2D eigenvalue weighted by Crippen LogP contribution is 2.55. The van der Waals surface area contributed by atoms with E-state index in [1.165, 1.54) is 22.8 Å². The molecule has 0 unspecified atom stereocenters. The summed E-state index contributed by atoms with van der Waals surface area (Å²) in [6, 6.07) is 2.46. The second kappa shape index (κ2) is 8.69. The molecule has 6 rings (SSSR count). The molecule has 9 heteroatoms. The van der Waals surface area contributed by atoms with Crippen LogP contribution in [-0.2, 0) is 9.59 Å². The number of nitrogens with one attached hydrogen (secondary N) is 1. The van der Waals surface area contributed by atoms with Crippen LogP contribution in [-0.4, -0.2) is 79.9 Å². The fourth-order valence-corrected chi connectivity index (χ4v) is 7.23. The van der Waals surface area contributed by atoms with Gasteiger partial charge in [0, 0.05) is 67.3 Å². The van der Waals surface area contributed by atoms with E-state index in [0.29, 0.717) is 19.1 Å². The number of aromatic amines is 1. The highest BCUT2D eigenvalue weighted by Gasteiger charge is 2.54. The molecule has 1 N–H and O–H groups in total. The van der Waals surface area contributed by atoms with Gasteiger partial charge < -0.3 is 14.7 Å². The Morgan fingerprint density at radius 3 is 2.44 bits per heavy atom. The van der Waals surface area contributed by atoms with Gasteiger partial charge in [0.25, 0.3) is 0 Å². The predicted octanol–water partition coefficient (Wildman–Crippen LogP) is 4.15. The van der Waals surface area contributed by atoms with E-state index in [2.05, 4.69) is 67.0 Å². The summed E-state index contributed by atoms with van der Waals surface area (Å²) >= 11 is 0. The zero-order chi connectivity index (χ0) is 27.9. The minimum Gasteiger partial charge on any atom is -0.346 e. The van der Waals surface area contributed by atoms with Gasteiger partial charge in [-0.05, 0) is 70.7 Å². The topological polar surface area (TPSA) is 90.4 Å². The molecule has 3 fully saturated rings. The molecular weight excluding hydrogens is 490 g/mol. The van der Waals surface area contributed by atoms with Gasteiger partial charge >= 0.3 is 0 Å². The molecule has 3 aromatic rings. The van der Waals surface area contributed by atoms with Crippen molar-refractivity contribution in [3.63, 3.8) is 0 Å². The highest BCUT2D eigenvalue weighted by atomic mass is 16.2. The van der Waals surface area contributed by atoms with Gasteiger partial charge in [-0.25, -0.2) is 0 Å². The van der Waals surface area contributed by atoms with Crippen molar-refractivity contribution < 1.29 is 9.59 Å². The molecule has 2 aromatic heterocycles. The van der Waals surface area contributed by atoms with E-state index in [1.54, 1.807) is 6.92 Å². The summed E-state index contributed by atoms with van der Waals surface area (Å²) in [7, 11) is 0. The molecule has 1 aliphatic carbocycles. The maximum absolute atomic E-state index is 12.2. The van der Waals surface area contributed by atoms with Crippen molar-refractivity contribution in [3.8, 4) is 11.1 Å². The van der Waals surface area contributed by atoms with Crippen LogP contribution in [0.4, 0.5) is 5.82 Å². The van der Waals surface area contributed by atoms with Gasteiger partial charge in [0.15, 0.2) is 5.82 Å². The van der Waals surface area contributed by atoms with Gasteiger partial charge in [-0.3, -0.25) is 19.4 Å². The highest BCUT2D eigenvalue weighted by molar-refractivity contribution is 6.00. The number of carbonyl (C=O) groups is 2. The van der Waals surface area contributed by atoms with Crippen LogP contribution in [0.25, 0.3) is 22.0 Å². The Morgan fingerprint density at radius 1 is 1.08 bits per heavy atom. The van der Waals surface area contributed by atoms with Gasteiger partial charge in [0.1, 0.15) is 0 Å². The van der Waals surface area contributed by atoms with Crippen molar-refractivity contribution in [2.45, 2.75) is 66.0 Å². The molecule has 0 atom stereocenters. The number of fused-ring (bicyclic) bond motifs is 1.